The van der Waals surface area contributed by atoms with Gasteiger partial charge in [-0.05, 0) is 65.3 Å². The molecular formula is C40H44ClN3O8. The number of carbonyl (C=O) groups excluding carboxylic acids is 2. The minimum Gasteiger partial charge on any atom is -0.496 e. The van der Waals surface area contributed by atoms with E-state index in [9.17, 15) is 19.8 Å². The molecule has 5 rings (SSSR count). The number of carbonyl (C=O) groups is 2. The maximum Gasteiger partial charge on any atom is 0.325 e. The lowest BCUT2D eigenvalue weighted by Crippen LogP contribution is -2.40. The lowest BCUT2D eigenvalue weighted by atomic mass is 9.94. The molecule has 52 heavy (non-hydrogen) atoms. The molecule has 0 fully saturated rings. The van der Waals surface area contributed by atoms with Gasteiger partial charge in [0.25, 0.3) is 0 Å². The van der Waals surface area contributed by atoms with Crippen molar-refractivity contribution in [1.82, 2.24) is 15.6 Å². The van der Waals surface area contributed by atoms with Crippen LogP contribution in [-0.4, -0.2) is 80.9 Å². The number of fused-ring (bicyclic) bond motifs is 1. The van der Waals surface area contributed by atoms with E-state index in [1.807, 2.05) is 55.5 Å². The van der Waals surface area contributed by atoms with Crippen molar-refractivity contribution >= 4 is 35.2 Å². The number of aromatic nitrogens is 1. The van der Waals surface area contributed by atoms with Crippen molar-refractivity contribution in [3.63, 3.8) is 0 Å². The molecule has 0 amide bonds. The van der Waals surface area contributed by atoms with Gasteiger partial charge < -0.3 is 29.2 Å². The molecule has 1 aliphatic carbocycles. The van der Waals surface area contributed by atoms with E-state index < -0.39 is 30.6 Å². The molecule has 12 heteroatoms. The predicted octanol–water partition coefficient (Wildman–Crippen LogP) is 5.13. The highest BCUT2D eigenvalue weighted by molar-refractivity contribution is 6.36. The van der Waals surface area contributed by atoms with Crippen molar-refractivity contribution < 1.29 is 38.7 Å². The number of benzene rings is 3. The first kappa shape index (κ1) is 38.5. The molecule has 0 saturated heterocycles. The zero-order valence-electron chi connectivity index (χ0n) is 29.9. The molecule has 3 aromatic carbocycles. The Morgan fingerprint density at radius 1 is 0.827 bits per heavy atom. The molecule has 4 N–H and O–H groups in total. The monoisotopic (exact) mass is 729 g/mol. The molecule has 0 saturated carbocycles. The highest BCUT2D eigenvalue weighted by Gasteiger charge is 2.24. The van der Waals surface area contributed by atoms with Crippen LogP contribution in [0.25, 0.3) is 34.0 Å². The second kappa shape index (κ2) is 17.6. The fourth-order valence-electron chi connectivity index (χ4n) is 6.47. The summed E-state index contributed by atoms with van der Waals surface area (Å²) >= 11 is 7.19. The quantitative estimate of drug-likeness (QED) is 0.121. The van der Waals surface area contributed by atoms with E-state index in [4.69, 9.17) is 35.5 Å². The fraction of sp³-hybridized carbons (Fsp3) is 0.325. The molecule has 1 aliphatic rings. The van der Waals surface area contributed by atoms with Gasteiger partial charge in [-0.3, -0.25) is 20.2 Å². The molecule has 1 aromatic heterocycles. The van der Waals surface area contributed by atoms with Gasteiger partial charge in [-0.15, -0.1) is 0 Å². The Labute approximate surface area is 308 Å². The number of pyridine rings is 1. The highest BCUT2D eigenvalue weighted by Crippen LogP contribution is 2.44. The molecule has 0 radical (unpaired) electrons. The molecule has 0 aliphatic heterocycles. The summed E-state index contributed by atoms with van der Waals surface area (Å²) in [6, 6.07) is 18.4. The lowest BCUT2D eigenvalue weighted by Gasteiger charge is -2.18. The number of esters is 2. The summed E-state index contributed by atoms with van der Waals surface area (Å²) < 4.78 is 20.8. The van der Waals surface area contributed by atoms with E-state index in [-0.39, 0.29) is 13.2 Å². The van der Waals surface area contributed by atoms with Gasteiger partial charge in [0.2, 0.25) is 5.88 Å². The van der Waals surface area contributed by atoms with E-state index in [1.165, 1.54) is 32.5 Å². The zero-order chi connectivity index (χ0) is 37.4. The first-order valence-electron chi connectivity index (χ1n) is 16.8. The average Bonchev–Trinajstić information content (AvgIpc) is 3.58. The van der Waals surface area contributed by atoms with Crippen LogP contribution in [0.5, 0.6) is 11.6 Å². The first-order valence-corrected chi connectivity index (χ1v) is 17.2. The largest absolute Gasteiger partial charge is 0.496 e. The standard InChI is InChI=1S/C40H44ClN3O8/c1-23-16-33(44-38(50-3)32(23)20-43-35(22-46)40(48)52-5)31-11-7-10-30(37(31)41)28-9-6-8-27-25(14-15-29(27)28)17-24-12-13-26(36(18-24)49-2)19-42-34(21-45)39(47)51-4/h6-13,16-18,34-35,42-43,45-46H,14-15,19-22H2,1-5H3/b25-17+/t34-,35-/m1/s1. The van der Waals surface area contributed by atoms with E-state index in [1.54, 1.807) is 7.11 Å². The van der Waals surface area contributed by atoms with Crippen LogP contribution in [0.3, 0.4) is 0 Å². The summed E-state index contributed by atoms with van der Waals surface area (Å²) in [6.07, 6.45) is 3.87. The minimum atomic E-state index is -0.875. The van der Waals surface area contributed by atoms with Crippen LogP contribution < -0.4 is 20.1 Å². The summed E-state index contributed by atoms with van der Waals surface area (Å²) in [7, 11) is 5.71. The Hall–Kier alpha value is -4.78. The van der Waals surface area contributed by atoms with Crippen LogP contribution in [0.1, 0.15) is 39.8 Å². The van der Waals surface area contributed by atoms with Gasteiger partial charge in [-0.25, -0.2) is 4.98 Å². The van der Waals surface area contributed by atoms with Crippen LogP contribution in [-0.2, 0) is 38.6 Å². The smallest absolute Gasteiger partial charge is 0.325 e. The predicted molar refractivity (Wildman–Crippen MR) is 200 cm³/mol. The normalized spacial score (nSPS) is 14.1. The molecule has 0 spiro atoms. The Morgan fingerprint density at radius 2 is 1.46 bits per heavy atom. The second-order valence-electron chi connectivity index (χ2n) is 12.3. The van der Waals surface area contributed by atoms with Crippen molar-refractivity contribution in [3.8, 4) is 34.0 Å². The number of nitrogens with zero attached hydrogens (tertiary/aromatic N) is 1. The minimum absolute atomic E-state index is 0.235. The number of allylic oxidation sites excluding steroid dienone is 1. The van der Waals surface area contributed by atoms with Crippen LogP contribution in [0.4, 0.5) is 0 Å². The lowest BCUT2D eigenvalue weighted by molar-refractivity contribution is -0.145. The fourth-order valence-corrected chi connectivity index (χ4v) is 6.79. The van der Waals surface area contributed by atoms with Crippen LogP contribution in [0, 0.1) is 6.92 Å². The summed E-state index contributed by atoms with van der Waals surface area (Å²) in [5.74, 6) is -0.0356. The maximum atomic E-state index is 12.0. The van der Waals surface area contributed by atoms with Gasteiger partial charge in [-0.1, -0.05) is 66.2 Å². The summed E-state index contributed by atoms with van der Waals surface area (Å²) in [4.78, 5) is 28.6. The van der Waals surface area contributed by atoms with Crippen molar-refractivity contribution in [2.24, 2.45) is 0 Å². The summed E-state index contributed by atoms with van der Waals surface area (Å²) in [5, 5.41) is 25.8. The number of nitrogens with one attached hydrogen (secondary N) is 2. The highest BCUT2D eigenvalue weighted by atomic mass is 35.5. The number of aliphatic hydroxyl groups excluding tert-OH is 2. The van der Waals surface area contributed by atoms with Crippen molar-refractivity contribution in [2.45, 2.75) is 44.9 Å². The molecule has 2 atom stereocenters. The Balaban J connectivity index is 1.42. The van der Waals surface area contributed by atoms with Crippen LogP contribution >= 0.6 is 11.6 Å². The number of hydrogen-bond acceptors (Lipinski definition) is 11. The average molecular weight is 730 g/mol. The molecule has 4 aromatic rings. The number of halogens is 1. The van der Waals surface area contributed by atoms with Gasteiger partial charge in [0, 0.05) is 35.3 Å². The Morgan fingerprint density at radius 3 is 2.10 bits per heavy atom. The number of aryl methyl sites for hydroxylation is 1. The molecule has 0 unspecified atom stereocenters. The van der Waals surface area contributed by atoms with Gasteiger partial charge in [0.1, 0.15) is 17.8 Å². The van der Waals surface area contributed by atoms with Gasteiger partial charge in [0.05, 0.1) is 52.4 Å². The topological polar surface area (TPSA) is 148 Å². The number of hydrogen-bond donors (Lipinski definition) is 4. The number of methoxy groups -OCH3 is 4. The van der Waals surface area contributed by atoms with E-state index >= 15 is 0 Å². The van der Waals surface area contributed by atoms with Gasteiger partial charge >= 0.3 is 11.9 Å². The molecule has 11 nitrogen and oxygen atoms in total. The van der Waals surface area contributed by atoms with Crippen LogP contribution in [0.2, 0.25) is 5.02 Å². The maximum absolute atomic E-state index is 12.0. The summed E-state index contributed by atoms with van der Waals surface area (Å²) in [5.41, 5.74) is 10.4. The van der Waals surface area contributed by atoms with E-state index in [2.05, 4.69) is 28.8 Å². The Kier molecular flexibility index (Phi) is 13.0. The SMILES string of the molecule is COC(=O)[C@@H](CO)NCc1ccc(/C=C2\CCc3c2cccc3-c2cccc(-c3cc(C)c(CN[C@H](CO)C(=O)OC)c(OC)n3)c2Cl)cc1OC. The first-order chi connectivity index (χ1) is 25.2. The Bertz CT molecular complexity index is 1960. The number of rotatable bonds is 15. The van der Waals surface area contributed by atoms with Crippen LogP contribution in [0.15, 0.2) is 60.7 Å². The summed E-state index contributed by atoms with van der Waals surface area (Å²) in [6.45, 7) is 1.71. The third-order valence-electron chi connectivity index (χ3n) is 9.29. The third-order valence-corrected chi connectivity index (χ3v) is 9.69. The number of aliphatic hydroxyl groups is 2. The number of ether oxygens (including phenoxy) is 4. The molecule has 274 valence electrons. The molecule has 1 heterocycles. The second-order valence-corrected chi connectivity index (χ2v) is 12.7. The zero-order valence-corrected chi connectivity index (χ0v) is 30.7. The van der Waals surface area contributed by atoms with E-state index in [0.29, 0.717) is 28.9 Å². The molecular weight excluding hydrogens is 686 g/mol. The van der Waals surface area contributed by atoms with Crippen molar-refractivity contribution in [3.05, 3.63) is 99.1 Å². The van der Waals surface area contributed by atoms with Crippen molar-refractivity contribution in [1.29, 1.82) is 0 Å². The third kappa shape index (κ3) is 8.30. The van der Waals surface area contributed by atoms with Gasteiger partial charge in [-0.2, -0.15) is 0 Å². The molecule has 0 bridgehead atoms. The van der Waals surface area contributed by atoms with Crippen molar-refractivity contribution in [2.75, 3.05) is 41.7 Å². The van der Waals surface area contributed by atoms with Gasteiger partial charge in [0.15, 0.2) is 0 Å². The van der Waals surface area contributed by atoms with E-state index in [0.717, 1.165) is 57.3 Å².